The third kappa shape index (κ3) is 5.74. The number of carbonyl (C=O) groups excluding carboxylic acids is 1. The first-order valence-corrected chi connectivity index (χ1v) is 11.5. The molecule has 0 spiro atoms. The van der Waals surface area contributed by atoms with Crippen LogP contribution in [0.15, 0.2) is 54.6 Å². The average Bonchev–Trinajstić information content (AvgIpc) is 2.80. The Morgan fingerprint density at radius 1 is 1.00 bits per heavy atom. The van der Waals surface area contributed by atoms with Crippen LogP contribution in [0.3, 0.4) is 0 Å². The fourth-order valence-corrected chi connectivity index (χ4v) is 4.78. The highest BCUT2D eigenvalue weighted by molar-refractivity contribution is 6.35. The number of hydrogen-bond donors (Lipinski definition) is 1. The second-order valence-electron chi connectivity index (χ2n) is 7.96. The van der Waals surface area contributed by atoms with Crippen molar-refractivity contribution in [3.63, 3.8) is 0 Å². The summed E-state index contributed by atoms with van der Waals surface area (Å²) in [5, 5.41) is 3.45. The van der Waals surface area contributed by atoms with Crippen molar-refractivity contribution >= 4 is 34.9 Å². The normalized spacial score (nSPS) is 15.2. The summed E-state index contributed by atoms with van der Waals surface area (Å²) in [5.74, 6) is 0.589. The van der Waals surface area contributed by atoms with Crippen molar-refractivity contribution in [3.05, 3.63) is 81.3 Å². The molecule has 1 heterocycles. The maximum Gasteiger partial charge on any atom is 0.573 e. The Morgan fingerprint density at radius 2 is 1.72 bits per heavy atom. The zero-order valence-electron chi connectivity index (χ0n) is 19.2. The molecule has 1 aliphatic heterocycles. The van der Waals surface area contributed by atoms with Crippen LogP contribution in [0.1, 0.15) is 22.7 Å². The molecule has 0 saturated carbocycles. The van der Waals surface area contributed by atoms with Gasteiger partial charge in [-0.2, -0.15) is 0 Å². The molecule has 0 radical (unpaired) electrons. The van der Waals surface area contributed by atoms with Gasteiger partial charge in [0.15, 0.2) is 0 Å². The van der Waals surface area contributed by atoms with E-state index >= 15 is 0 Å². The van der Waals surface area contributed by atoms with Crippen molar-refractivity contribution in [3.8, 4) is 17.2 Å². The van der Waals surface area contributed by atoms with Crippen molar-refractivity contribution in [2.75, 3.05) is 26.1 Å². The van der Waals surface area contributed by atoms with Gasteiger partial charge in [-0.15, -0.1) is 13.2 Å². The lowest BCUT2D eigenvalue weighted by molar-refractivity contribution is -0.274. The molecule has 1 unspecified atom stereocenters. The Bertz CT molecular complexity index is 1250. The minimum absolute atomic E-state index is 0.262. The number of alkyl halides is 3. The van der Waals surface area contributed by atoms with Gasteiger partial charge in [-0.1, -0.05) is 35.3 Å². The van der Waals surface area contributed by atoms with Gasteiger partial charge in [-0.05, 0) is 53.9 Å². The predicted molar refractivity (Wildman–Crippen MR) is 130 cm³/mol. The van der Waals surface area contributed by atoms with E-state index in [0.717, 1.165) is 5.56 Å². The molecule has 0 fully saturated rings. The second kappa shape index (κ2) is 10.4. The maximum absolute atomic E-state index is 13.5. The topological polar surface area (TPSA) is 60.0 Å². The van der Waals surface area contributed by atoms with E-state index in [9.17, 15) is 18.0 Å². The Kier molecular flexibility index (Phi) is 7.42. The third-order valence-electron chi connectivity index (χ3n) is 5.65. The summed E-state index contributed by atoms with van der Waals surface area (Å²) in [6.45, 7) is 0.262. The molecule has 1 atom stereocenters. The summed E-state index contributed by atoms with van der Waals surface area (Å²) in [6.07, 6.45) is -4.40. The number of fused-ring (bicyclic) bond motifs is 1. The first kappa shape index (κ1) is 25.8. The Balaban J connectivity index is 1.80. The van der Waals surface area contributed by atoms with Crippen LogP contribution < -0.4 is 19.5 Å². The zero-order chi connectivity index (χ0) is 26.0. The molecule has 3 aromatic carbocycles. The van der Waals surface area contributed by atoms with Crippen LogP contribution in [0.5, 0.6) is 17.2 Å². The summed E-state index contributed by atoms with van der Waals surface area (Å²) in [5.41, 5.74) is 2.25. The minimum Gasteiger partial charge on any atom is -0.497 e. The number of urea groups is 1. The van der Waals surface area contributed by atoms with E-state index in [1.165, 1.54) is 43.4 Å². The first-order chi connectivity index (χ1) is 17.1. The van der Waals surface area contributed by atoms with E-state index in [4.69, 9.17) is 32.7 Å². The standard InChI is InChI=1S/C25H21Cl2F3N2O4/c1-34-20-8-14-6-7-32(24(33)31-18-11-16(26)10-17(27)12-18)23(22(14)21(13-20)35-2)15-4-3-5-19(9-15)36-25(28,29)30/h3-5,8-13,23H,6-7H2,1-2H3,(H,31,33). The monoisotopic (exact) mass is 540 g/mol. The zero-order valence-corrected chi connectivity index (χ0v) is 20.7. The molecule has 0 aliphatic carbocycles. The molecular weight excluding hydrogens is 520 g/mol. The van der Waals surface area contributed by atoms with Gasteiger partial charge in [0.05, 0.1) is 20.3 Å². The first-order valence-electron chi connectivity index (χ1n) is 10.7. The smallest absolute Gasteiger partial charge is 0.497 e. The Morgan fingerprint density at radius 3 is 2.36 bits per heavy atom. The Hall–Kier alpha value is -3.30. The number of amides is 2. The number of hydrogen-bond acceptors (Lipinski definition) is 4. The molecule has 11 heteroatoms. The van der Waals surface area contributed by atoms with Gasteiger partial charge < -0.3 is 24.4 Å². The third-order valence-corrected chi connectivity index (χ3v) is 6.08. The van der Waals surface area contributed by atoms with Crippen molar-refractivity contribution < 1.29 is 32.2 Å². The highest BCUT2D eigenvalue weighted by atomic mass is 35.5. The lowest BCUT2D eigenvalue weighted by atomic mass is 9.87. The number of carbonyl (C=O) groups is 1. The molecule has 190 valence electrons. The van der Waals surface area contributed by atoms with Gasteiger partial charge >= 0.3 is 12.4 Å². The Labute approximate surface area is 215 Å². The molecule has 1 N–H and O–H groups in total. The summed E-state index contributed by atoms with van der Waals surface area (Å²) in [6, 6.07) is 12.3. The fourth-order valence-electron chi connectivity index (χ4n) is 4.25. The van der Waals surface area contributed by atoms with Crippen LogP contribution in [-0.2, 0) is 6.42 Å². The fraction of sp³-hybridized carbons (Fsp3) is 0.240. The number of halogens is 5. The summed E-state index contributed by atoms with van der Waals surface area (Å²) in [4.78, 5) is 15.0. The summed E-state index contributed by atoms with van der Waals surface area (Å²) in [7, 11) is 3.00. The predicted octanol–water partition coefficient (Wildman–Crippen LogP) is 7.09. The van der Waals surface area contributed by atoms with Crippen molar-refractivity contribution in [2.45, 2.75) is 18.8 Å². The van der Waals surface area contributed by atoms with Crippen molar-refractivity contribution in [2.24, 2.45) is 0 Å². The number of rotatable bonds is 5. The van der Waals surface area contributed by atoms with Crippen LogP contribution in [-0.4, -0.2) is 38.1 Å². The lowest BCUT2D eigenvalue weighted by Crippen LogP contribution is -2.43. The van der Waals surface area contributed by atoms with Crippen LogP contribution in [0.4, 0.5) is 23.7 Å². The van der Waals surface area contributed by atoms with Crippen molar-refractivity contribution in [1.82, 2.24) is 4.90 Å². The number of nitrogens with zero attached hydrogens (tertiary/aromatic N) is 1. The number of methoxy groups -OCH3 is 2. The number of nitrogens with one attached hydrogen (secondary N) is 1. The summed E-state index contributed by atoms with van der Waals surface area (Å²) < 4.78 is 53.9. The van der Waals surface area contributed by atoms with Crippen LogP contribution in [0.2, 0.25) is 10.0 Å². The highest BCUT2D eigenvalue weighted by Gasteiger charge is 2.36. The molecule has 4 rings (SSSR count). The van der Waals surface area contributed by atoms with Crippen LogP contribution in [0.25, 0.3) is 0 Å². The SMILES string of the molecule is COc1cc2c(c(OC)c1)C(c1cccc(OC(F)(F)F)c1)N(C(=O)Nc1cc(Cl)cc(Cl)c1)CC2. The molecule has 1 aliphatic rings. The summed E-state index contributed by atoms with van der Waals surface area (Å²) >= 11 is 12.1. The van der Waals surface area contributed by atoms with Gasteiger partial charge in [0, 0.05) is 33.9 Å². The number of anilines is 1. The minimum atomic E-state index is -4.86. The lowest BCUT2D eigenvalue weighted by Gasteiger charge is -2.38. The van der Waals surface area contributed by atoms with E-state index in [1.54, 1.807) is 24.3 Å². The average molecular weight is 541 g/mol. The van der Waals surface area contributed by atoms with Gasteiger partial charge in [0.2, 0.25) is 0 Å². The molecular formula is C25H21Cl2F3N2O4. The quantitative estimate of drug-likeness (QED) is 0.375. The molecule has 0 bridgehead atoms. The molecule has 6 nitrogen and oxygen atoms in total. The number of benzene rings is 3. The highest BCUT2D eigenvalue weighted by Crippen LogP contribution is 2.44. The van der Waals surface area contributed by atoms with Gasteiger partial charge in [-0.3, -0.25) is 0 Å². The number of ether oxygens (including phenoxy) is 3. The van der Waals surface area contributed by atoms with Crippen LogP contribution >= 0.6 is 23.2 Å². The van der Waals surface area contributed by atoms with Gasteiger partial charge in [-0.25, -0.2) is 4.79 Å². The molecule has 0 saturated heterocycles. The van der Waals surface area contributed by atoms with E-state index in [1.807, 2.05) is 6.07 Å². The van der Waals surface area contributed by atoms with E-state index in [2.05, 4.69) is 10.1 Å². The van der Waals surface area contributed by atoms with Gasteiger partial charge in [0.1, 0.15) is 17.2 Å². The molecule has 2 amide bonds. The molecule has 36 heavy (non-hydrogen) atoms. The van der Waals surface area contributed by atoms with E-state index in [-0.39, 0.29) is 6.54 Å². The maximum atomic E-state index is 13.5. The van der Waals surface area contributed by atoms with E-state index in [0.29, 0.717) is 44.8 Å². The molecule has 3 aromatic rings. The van der Waals surface area contributed by atoms with Crippen LogP contribution in [0, 0.1) is 0 Å². The molecule has 0 aromatic heterocycles. The second-order valence-corrected chi connectivity index (χ2v) is 8.83. The van der Waals surface area contributed by atoms with Gasteiger partial charge in [0.25, 0.3) is 0 Å². The largest absolute Gasteiger partial charge is 0.573 e. The van der Waals surface area contributed by atoms with E-state index < -0.39 is 24.2 Å². The van der Waals surface area contributed by atoms with Crippen molar-refractivity contribution in [1.29, 1.82) is 0 Å².